The van der Waals surface area contributed by atoms with Crippen LogP contribution in [0.5, 0.6) is 17.2 Å². The molecule has 1 aromatic rings. The van der Waals surface area contributed by atoms with Gasteiger partial charge < -0.3 is 23.7 Å². The van der Waals surface area contributed by atoms with E-state index in [0.29, 0.717) is 68.3 Å². The second-order valence-electron chi connectivity index (χ2n) is 9.50. The van der Waals surface area contributed by atoms with Crippen LogP contribution in [0.2, 0.25) is 0 Å². The molecule has 0 aliphatic heterocycles. The monoisotopic (exact) mass is 514 g/mol. The Labute approximate surface area is 222 Å². The molecule has 0 aromatic heterocycles. The zero-order chi connectivity index (χ0) is 27.5. The Morgan fingerprint density at radius 3 is 1.84 bits per heavy atom. The molecule has 0 spiro atoms. The molecular weight excluding hydrogens is 472 g/mol. The van der Waals surface area contributed by atoms with E-state index in [1.807, 2.05) is 27.7 Å². The van der Waals surface area contributed by atoms with Crippen molar-refractivity contribution in [3.05, 3.63) is 17.7 Å². The van der Waals surface area contributed by atoms with Crippen molar-refractivity contribution in [1.29, 1.82) is 0 Å². The Balaban J connectivity index is 3.08. The summed E-state index contributed by atoms with van der Waals surface area (Å²) in [5.74, 6) is 5.61. The fraction of sp³-hybridized carbons (Fsp3) is 0.600. The van der Waals surface area contributed by atoms with E-state index < -0.39 is 11.6 Å². The van der Waals surface area contributed by atoms with Crippen LogP contribution in [0.4, 0.5) is 0 Å². The van der Waals surface area contributed by atoms with Crippen LogP contribution in [0, 0.1) is 24.7 Å². The Morgan fingerprint density at radius 1 is 0.811 bits per heavy atom. The summed E-state index contributed by atoms with van der Waals surface area (Å²) >= 11 is 0. The van der Waals surface area contributed by atoms with E-state index in [0.717, 1.165) is 25.7 Å². The van der Waals surface area contributed by atoms with Crippen molar-refractivity contribution >= 4 is 11.9 Å². The summed E-state index contributed by atoms with van der Waals surface area (Å²) in [6.45, 7) is 8.75. The molecule has 0 bridgehead atoms. The summed E-state index contributed by atoms with van der Waals surface area (Å²) in [6.07, 6.45) is 16.5. The highest BCUT2D eigenvalue weighted by Gasteiger charge is 2.21. The summed E-state index contributed by atoms with van der Waals surface area (Å²) in [7, 11) is 0. The third-order valence-electron chi connectivity index (χ3n) is 4.83. The van der Waals surface area contributed by atoms with Gasteiger partial charge in [0.05, 0.1) is 32.0 Å². The number of unbranched alkanes of at least 4 members (excludes halogenated alkanes) is 4. The Hall–Kier alpha value is -3.32. The largest absolute Gasteiger partial charge is 0.490 e. The van der Waals surface area contributed by atoms with Crippen molar-refractivity contribution in [1.82, 2.24) is 0 Å². The molecule has 0 unspecified atom stereocenters. The summed E-state index contributed by atoms with van der Waals surface area (Å²) in [4.78, 5) is 24.7. The highest BCUT2D eigenvalue weighted by Crippen LogP contribution is 2.40. The van der Waals surface area contributed by atoms with Gasteiger partial charge in [-0.2, -0.15) is 0 Å². The second kappa shape index (κ2) is 18.0. The summed E-state index contributed by atoms with van der Waals surface area (Å²) in [5.41, 5.74) is -0.229. The van der Waals surface area contributed by atoms with Gasteiger partial charge in [-0.15, -0.1) is 24.7 Å². The Kier molecular flexibility index (Phi) is 15.4. The maximum atomic E-state index is 12.6. The second-order valence-corrected chi connectivity index (χ2v) is 9.50. The molecule has 0 aliphatic carbocycles. The molecule has 0 radical (unpaired) electrons. The molecule has 1 rings (SSSR count). The first-order valence-corrected chi connectivity index (χ1v) is 13.0. The van der Waals surface area contributed by atoms with Crippen LogP contribution < -0.4 is 14.2 Å². The van der Waals surface area contributed by atoms with Gasteiger partial charge in [-0.05, 0) is 71.4 Å². The van der Waals surface area contributed by atoms with Crippen LogP contribution in [-0.4, -0.2) is 44.0 Å². The molecule has 0 saturated heterocycles. The first-order chi connectivity index (χ1) is 17.7. The maximum Gasteiger partial charge on any atom is 0.338 e. The minimum atomic E-state index is -0.541. The molecule has 0 aliphatic rings. The highest BCUT2D eigenvalue weighted by molar-refractivity contribution is 5.91. The van der Waals surface area contributed by atoms with Crippen molar-refractivity contribution in [3.63, 3.8) is 0 Å². The van der Waals surface area contributed by atoms with Gasteiger partial charge in [-0.3, -0.25) is 4.79 Å². The zero-order valence-electron chi connectivity index (χ0n) is 22.9. The van der Waals surface area contributed by atoms with E-state index in [-0.39, 0.29) is 19.0 Å². The normalized spacial score (nSPS) is 10.6. The van der Waals surface area contributed by atoms with Crippen molar-refractivity contribution in [3.8, 4) is 41.9 Å². The number of rotatable bonds is 18. The average molecular weight is 515 g/mol. The Bertz CT molecular complexity index is 870. The summed E-state index contributed by atoms with van der Waals surface area (Å²) < 4.78 is 28.7. The van der Waals surface area contributed by atoms with Gasteiger partial charge in [0.2, 0.25) is 5.75 Å². The number of terminal acetylenes is 2. The molecule has 1 aromatic carbocycles. The van der Waals surface area contributed by atoms with Crippen LogP contribution in [0.1, 0.15) is 95.8 Å². The van der Waals surface area contributed by atoms with Crippen molar-refractivity contribution < 1.29 is 33.3 Å². The lowest BCUT2D eigenvalue weighted by atomic mass is 10.1. The van der Waals surface area contributed by atoms with Gasteiger partial charge in [0.1, 0.15) is 5.60 Å². The third-order valence-corrected chi connectivity index (χ3v) is 4.83. The van der Waals surface area contributed by atoms with Gasteiger partial charge in [0.15, 0.2) is 11.5 Å². The molecule has 0 saturated carbocycles. The first-order valence-electron chi connectivity index (χ1n) is 13.0. The number of carbonyl (C=O) groups is 2. The van der Waals surface area contributed by atoms with Gasteiger partial charge in [0.25, 0.3) is 0 Å². The van der Waals surface area contributed by atoms with Crippen molar-refractivity contribution in [2.75, 3.05) is 26.4 Å². The molecule has 0 heterocycles. The molecule has 0 N–H and O–H groups in total. The lowest BCUT2D eigenvalue weighted by molar-refractivity contribution is -0.155. The van der Waals surface area contributed by atoms with E-state index in [2.05, 4.69) is 11.8 Å². The van der Waals surface area contributed by atoms with Gasteiger partial charge in [0, 0.05) is 19.3 Å². The molecule has 0 fully saturated rings. The quantitative estimate of drug-likeness (QED) is 0.133. The molecule has 37 heavy (non-hydrogen) atoms. The van der Waals surface area contributed by atoms with Crippen LogP contribution in [0.3, 0.4) is 0 Å². The third kappa shape index (κ3) is 14.1. The van der Waals surface area contributed by atoms with Gasteiger partial charge in [-0.25, -0.2) is 4.79 Å². The minimum Gasteiger partial charge on any atom is -0.490 e. The predicted molar refractivity (Wildman–Crippen MR) is 144 cm³/mol. The number of ether oxygens (including phenoxy) is 5. The van der Waals surface area contributed by atoms with E-state index in [4.69, 9.17) is 36.5 Å². The predicted octanol–water partition coefficient (Wildman–Crippen LogP) is 6.12. The fourth-order valence-corrected chi connectivity index (χ4v) is 3.14. The standard InChI is InChI=1S/C30H42O7/c1-7-10-12-14-19-33-25-22-24(29(32)36-18-9-3)23-26(34-20-15-13-11-8-2)28(25)35-21-16-17-27(31)37-30(4,5)6/h1-2,22-23H,9-21H2,3-6H3. The van der Waals surface area contributed by atoms with Crippen LogP contribution in [0.15, 0.2) is 12.1 Å². The van der Waals surface area contributed by atoms with Gasteiger partial charge >= 0.3 is 11.9 Å². The van der Waals surface area contributed by atoms with Crippen molar-refractivity contribution in [2.45, 2.75) is 91.1 Å². The van der Waals surface area contributed by atoms with Crippen LogP contribution in [-0.2, 0) is 14.3 Å². The molecule has 7 heteroatoms. The van der Waals surface area contributed by atoms with Crippen molar-refractivity contribution in [2.24, 2.45) is 0 Å². The first kappa shape index (κ1) is 31.7. The number of carbonyl (C=O) groups excluding carboxylic acids is 2. The smallest absolute Gasteiger partial charge is 0.338 e. The molecule has 0 atom stereocenters. The molecule has 204 valence electrons. The average Bonchev–Trinajstić information content (AvgIpc) is 2.84. The van der Waals surface area contributed by atoms with Gasteiger partial charge in [-0.1, -0.05) is 6.92 Å². The lowest BCUT2D eigenvalue weighted by Gasteiger charge is -2.20. The highest BCUT2D eigenvalue weighted by atomic mass is 16.6. The maximum absolute atomic E-state index is 12.6. The summed E-state index contributed by atoms with van der Waals surface area (Å²) in [6, 6.07) is 3.21. The topological polar surface area (TPSA) is 80.3 Å². The molecular formula is C30H42O7. The number of hydrogen-bond donors (Lipinski definition) is 0. The number of esters is 2. The molecule has 0 amide bonds. The molecule has 7 nitrogen and oxygen atoms in total. The number of hydrogen-bond acceptors (Lipinski definition) is 7. The van der Waals surface area contributed by atoms with E-state index in [1.54, 1.807) is 12.1 Å². The summed E-state index contributed by atoms with van der Waals surface area (Å²) in [5, 5.41) is 0. The fourth-order valence-electron chi connectivity index (χ4n) is 3.14. The van der Waals surface area contributed by atoms with E-state index in [9.17, 15) is 9.59 Å². The number of benzene rings is 1. The van der Waals surface area contributed by atoms with E-state index >= 15 is 0 Å². The van der Waals surface area contributed by atoms with E-state index in [1.165, 1.54) is 0 Å². The van der Waals surface area contributed by atoms with Crippen LogP contribution >= 0.6 is 0 Å². The zero-order valence-corrected chi connectivity index (χ0v) is 22.9. The SMILES string of the molecule is C#CCCCCOc1cc(C(=O)OCCC)cc(OCCCCC#C)c1OCCCC(=O)OC(C)(C)C. The minimum absolute atomic E-state index is 0.212. The Morgan fingerprint density at radius 2 is 1.35 bits per heavy atom. The van der Waals surface area contributed by atoms with Crippen LogP contribution in [0.25, 0.3) is 0 Å². The lowest BCUT2D eigenvalue weighted by Crippen LogP contribution is -2.24.